The summed E-state index contributed by atoms with van der Waals surface area (Å²) in [6.07, 6.45) is 0.901. The number of ether oxygens (including phenoxy) is 2. The average molecular weight is 554 g/mol. The Labute approximate surface area is 208 Å². The maximum absolute atomic E-state index is 12.0. The minimum Gasteiger partial charge on any atom is -0.497 e. The maximum Gasteiger partial charge on any atom is 0.253 e. The maximum atomic E-state index is 12.0. The molecule has 2 N–H and O–H groups in total. The molecule has 0 spiro atoms. The van der Waals surface area contributed by atoms with E-state index in [0.29, 0.717) is 18.7 Å². The van der Waals surface area contributed by atoms with Crippen LogP contribution in [0.5, 0.6) is 5.75 Å². The standard InChI is InChI=1S/C24H34N4O3.HI/c1-5-31-16-6-15-25-24(27-18-20-9-13-22(30-4)14-10-20)26-17-19-7-11-21(12-8-19)23(29)28(2)3;/h7-14H,5-6,15-18H2,1-4H3,(H2,25,26,27);1H. The SMILES string of the molecule is CCOCCCNC(=NCc1ccc(OC)cc1)NCc1ccc(C(=O)N(C)C)cc1.I. The van der Waals surface area contributed by atoms with Crippen molar-refractivity contribution in [2.24, 2.45) is 4.99 Å². The zero-order valence-corrected chi connectivity index (χ0v) is 21.7. The number of carbonyl (C=O) groups excluding carboxylic acids is 1. The van der Waals surface area contributed by atoms with Crippen LogP contribution in [-0.4, -0.2) is 57.7 Å². The van der Waals surface area contributed by atoms with Crippen molar-refractivity contribution in [2.45, 2.75) is 26.4 Å². The lowest BCUT2D eigenvalue weighted by atomic mass is 10.1. The molecule has 32 heavy (non-hydrogen) atoms. The fourth-order valence-corrected chi connectivity index (χ4v) is 2.81. The normalized spacial score (nSPS) is 10.8. The van der Waals surface area contributed by atoms with Gasteiger partial charge in [0.25, 0.3) is 5.91 Å². The summed E-state index contributed by atoms with van der Waals surface area (Å²) in [5.74, 6) is 1.56. The second kappa shape index (κ2) is 15.5. The summed E-state index contributed by atoms with van der Waals surface area (Å²) in [5, 5.41) is 6.73. The lowest BCUT2D eigenvalue weighted by Crippen LogP contribution is -2.37. The van der Waals surface area contributed by atoms with Gasteiger partial charge in [0, 0.05) is 46.0 Å². The molecule has 2 rings (SSSR count). The van der Waals surface area contributed by atoms with Gasteiger partial charge in [-0.1, -0.05) is 24.3 Å². The molecule has 1 amide bonds. The summed E-state index contributed by atoms with van der Waals surface area (Å²) in [4.78, 5) is 18.3. The van der Waals surface area contributed by atoms with E-state index in [4.69, 9.17) is 14.5 Å². The number of methoxy groups -OCH3 is 1. The molecule has 0 aliphatic heterocycles. The number of benzene rings is 2. The number of guanidine groups is 1. The summed E-state index contributed by atoms with van der Waals surface area (Å²) in [5.41, 5.74) is 2.85. The molecule has 0 heterocycles. The number of hydrogen-bond acceptors (Lipinski definition) is 4. The van der Waals surface area contributed by atoms with Crippen molar-refractivity contribution in [1.82, 2.24) is 15.5 Å². The number of halogens is 1. The highest BCUT2D eigenvalue weighted by molar-refractivity contribution is 14.0. The Kier molecular flexibility index (Phi) is 13.4. The van der Waals surface area contributed by atoms with Gasteiger partial charge in [0.2, 0.25) is 0 Å². The Balaban J connectivity index is 0.00000512. The molecule has 8 heteroatoms. The van der Waals surface area contributed by atoms with Crippen molar-refractivity contribution in [3.8, 4) is 5.75 Å². The lowest BCUT2D eigenvalue weighted by Gasteiger charge is -2.14. The van der Waals surface area contributed by atoms with E-state index in [1.54, 1.807) is 26.1 Å². The zero-order chi connectivity index (χ0) is 22.5. The van der Waals surface area contributed by atoms with Crippen molar-refractivity contribution in [2.75, 3.05) is 41.0 Å². The van der Waals surface area contributed by atoms with Crippen LogP contribution >= 0.6 is 24.0 Å². The summed E-state index contributed by atoms with van der Waals surface area (Å²) >= 11 is 0. The Morgan fingerprint density at radius 2 is 1.66 bits per heavy atom. The number of nitrogens with one attached hydrogen (secondary N) is 2. The molecule has 0 aliphatic carbocycles. The van der Waals surface area contributed by atoms with E-state index in [9.17, 15) is 4.79 Å². The number of carbonyl (C=O) groups is 1. The Hall–Kier alpha value is -2.33. The molecule has 2 aromatic rings. The lowest BCUT2D eigenvalue weighted by molar-refractivity contribution is 0.0827. The van der Waals surface area contributed by atoms with Crippen molar-refractivity contribution >= 4 is 35.8 Å². The fraction of sp³-hybridized carbons (Fsp3) is 0.417. The van der Waals surface area contributed by atoms with Crippen LogP contribution in [0.1, 0.15) is 34.8 Å². The molecule has 0 saturated carbocycles. The van der Waals surface area contributed by atoms with Gasteiger partial charge in [-0.15, -0.1) is 24.0 Å². The number of aliphatic imine (C=N–C) groups is 1. The van der Waals surface area contributed by atoms with Gasteiger partial charge in [-0.3, -0.25) is 4.79 Å². The first-order valence-corrected chi connectivity index (χ1v) is 10.6. The highest BCUT2D eigenvalue weighted by Gasteiger charge is 2.07. The van der Waals surface area contributed by atoms with E-state index in [0.717, 1.165) is 49.0 Å². The third-order valence-corrected chi connectivity index (χ3v) is 4.61. The second-order valence-electron chi connectivity index (χ2n) is 7.24. The van der Waals surface area contributed by atoms with E-state index in [2.05, 4.69) is 10.6 Å². The van der Waals surface area contributed by atoms with E-state index >= 15 is 0 Å². The first-order valence-electron chi connectivity index (χ1n) is 10.6. The largest absolute Gasteiger partial charge is 0.497 e. The predicted molar refractivity (Wildman–Crippen MR) is 140 cm³/mol. The minimum absolute atomic E-state index is 0. The molecule has 0 atom stereocenters. The molecule has 0 bridgehead atoms. The monoisotopic (exact) mass is 554 g/mol. The molecule has 0 aliphatic rings. The summed E-state index contributed by atoms with van der Waals surface area (Å²) in [7, 11) is 5.16. The van der Waals surface area contributed by atoms with E-state index in [1.165, 1.54) is 0 Å². The summed E-state index contributed by atoms with van der Waals surface area (Å²) in [6, 6.07) is 15.5. The number of rotatable bonds is 11. The van der Waals surface area contributed by atoms with Crippen molar-refractivity contribution in [1.29, 1.82) is 0 Å². The predicted octanol–water partition coefficient (Wildman–Crippen LogP) is 3.68. The number of hydrogen-bond donors (Lipinski definition) is 2. The topological polar surface area (TPSA) is 75.2 Å². The third kappa shape index (κ3) is 9.86. The number of nitrogens with zero attached hydrogens (tertiary/aromatic N) is 2. The van der Waals surface area contributed by atoms with Gasteiger partial charge >= 0.3 is 0 Å². The highest BCUT2D eigenvalue weighted by Crippen LogP contribution is 2.12. The van der Waals surface area contributed by atoms with Gasteiger partial charge in [0.05, 0.1) is 13.7 Å². The minimum atomic E-state index is -0.00258. The van der Waals surface area contributed by atoms with Gasteiger partial charge in [-0.05, 0) is 48.7 Å². The van der Waals surface area contributed by atoms with Crippen LogP contribution in [0, 0.1) is 0 Å². The fourth-order valence-electron chi connectivity index (χ4n) is 2.81. The smallest absolute Gasteiger partial charge is 0.253 e. The summed E-state index contributed by atoms with van der Waals surface area (Å²) in [6.45, 7) is 5.37. The first-order chi connectivity index (χ1) is 15.0. The molecule has 0 saturated heterocycles. The molecule has 2 aromatic carbocycles. The molecule has 0 fully saturated rings. The van der Waals surface area contributed by atoms with Gasteiger partial charge in [-0.2, -0.15) is 0 Å². The van der Waals surface area contributed by atoms with Crippen molar-refractivity contribution in [3.05, 3.63) is 65.2 Å². The van der Waals surface area contributed by atoms with Gasteiger partial charge in [0.1, 0.15) is 5.75 Å². The van der Waals surface area contributed by atoms with Crippen LogP contribution in [0.4, 0.5) is 0 Å². The molecule has 0 radical (unpaired) electrons. The molecule has 176 valence electrons. The first kappa shape index (κ1) is 27.7. The van der Waals surface area contributed by atoms with E-state index in [1.807, 2.05) is 55.5 Å². The Morgan fingerprint density at radius 3 is 2.25 bits per heavy atom. The zero-order valence-electron chi connectivity index (χ0n) is 19.4. The van der Waals surface area contributed by atoms with Crippen LogP contribution in [0.15, 0.2) is 53.5 Å². The molecular weight excluding hydrogens is 519 g/mol. The molecule has 0 unspecified atom stereocenters. The van der Waals surface area contributed by atoms with Gasteiger partial charge in [-0.25, -0.2) is 4.99 Å². The molecule has 7 nitrogen and oxygen atoms in total. The highest BCUT2D eigenvalue weighted by atomic mass is 127. The van der Waals surface area contributed by atoms with Crippen LogP contribution in [0.25, 0.3) is 0 Å². The van der Waals surface area contributed by atoms with E-state index in [-0.39, 0.29) is 29.9 Å². The van der Waals surface area contributed by atoms with Gasteiger partial charge < -0.3 is 25.0 Å². The van der Waals surface area contributed by atoms with Crippen LogP contribution in [0.3, 0.4) is 0 Å². The van der Waals surface area contributed by atoms with Crippen molar-refractivity contribution < 1.29 is 14.3 Å². The van der Waals surface area contributed by atoms with Crippen LogP contribution in [-0.2, 0) is 17.8 Å². The van der Waals surface area contributed by atoms with Crippen molar-refractivity contribution in [3.63, 3.8) is 0 Å². The van der Waals surface area contributed by atoms with Crippen LogP contribution < -0.4 is 15.4 Å². The number of amides is 1. The second-order valence-corrected chi connectivity index (χ2v) is 7.24. The third-order valence-electron chi connectivity index (χ3n) is 4.61. The Bertz CT molecular complexity index is 824. The Morgan fingerprint density at radius 1 is 1.00 bits per heavy atom. The van der Waals surface area contributed by atoms with Gasteiger partial charge in [0.15, 0.2) is 5.96 Å². The quantitative estimate of drug-likeness (QED) is 0.192. The summed E-state index contributed by atoms with van der Waals surface area (Å²) < 4.78 is 10.6. The molecular formula is C24H35IN4O3. The van der Waals surface area contributed by atoms with Crippen LogP contribution in [0.2, 0.25) is 0 Å². The van der Waals surface area contributed by atoms with E-state index < -0.39 is 0 Å². The molecule has 0 aromatic heterocycles. The average Bonchev–Trinajstić information content (AvgIpc) is 2.80.